The van der Waals surface area contributed by atoms with E-state index in [4.69, 9.17) is 34.4 Å². The molecular formula is C6H25ClCrN6. The summed E-state index contributed by atoms with van der Waals surface area (Å²) in [7, 11) is 0. The number of hydrogen-bond acceptors (Lipinski definition) is 6. The van der Waals surface area contributed by atoms with E-state index in [1.807, 2.05) is 0 Å². The van der Waals surface area contributed by atoms with Gasteiger partial charge in [0.25, 0.3) is 0 Å². The molecule has 0 fully saturated rings. The topological polar surface area (TPSA) is 156 Å². The summed E-state index contributed by atoms with van der Waals surface area (Å²) in [5.41, 5.74) is 29.4. The third-order valence-corrected chi connectivity index (χ3v) is 0.500. The smallest absolute Gasteiger partial charge is 0.00461 e. The fourth-order valence-corrected chi connectivity index (χ4v) is 0. The number of rotatable bonds is 3. The minimum absolute atomic E-state index is 0. The molecule has 0 bridgehead atoms. The molecule has 0 heterocycles. The fourth-order valence-electron chi connectivity index (χ4n) is 0. The molecule has 0 saturated heterocycles. The Hall–Kier alpha value is 0.582. The van der Waals surface area contributed by atoms with Crippen LogP contribution in [0.25, 0.3) is 0 Å². The van der Waals surface area contributed by atoms with E-state index >= 15 is 0 Å². The zero-order valence-electron chi connectivity index (χ0n) is 8.52. The minimum atomic E-state index is 0. The van der Waals surface area contributed by atoms with Crippen LogP contribution in [0.1, 0.15) is 0 Å². The van der Waals surface area contributed by atoms with Crippen LogP contribution in [-0.4, -0.2) is 39.3 Å². The Morgan fingerprint density at radius 1 is 0.429 bits per heavy atom. The van der Waals surface area contributed by atoms with Crippen LogP contribution in [0.4, 0.5) is 0 Å². The van der Waals surface area contributed by atoms with Gasteiger partial charge in [0.2, 0.25) is 0 Å². The molecule has 0 aromatic rings. The van der Waals surface area contributed by atoms with Crippen LogP contribution in [0.2, 0.25) is 0 Å². The van der Waals surface area contributed by atoms with Crippen LogP contribution in [0.15, 0.2) is 0 Å². The van der Waals surface area contributed by atoms with Crippen molar-refractivity contribution in [1.82, 2.24) is 0 Å². The van der Waals surface area contributed by atoms with Gasteiger partial charge in [-0.25, -0.2) is 0 Å². The zero-order chi connectivity index (χ0) is 10.2. The number of halogens is 1. The largest absolute Gasteiger partial charge is 0.329 e. The Labute approximate surface area is 104 Å². The molecule has 0 aromatic carbocycles. The minimum Gasteiger partial charge on any atom is -0.329 e. The van der Waals surface area contributed by atoms with E-state index in [-0.39, 0.29) is 29.8 Å². The zero-order valence-corrected chi connectivity index (χ0v) is 10.6. The van der Waals surface area contributed by atoms with E-state index in [0.29, 0.717) is 39.3 Å². The molecule has 0 aromatic heterocycles. The summed E-state index contributed by atoms with van der Waals surface area (Å²) in [5.74, 6) is 0. The predicted molar refractivity (Wildman–Crippen MR) is 61.6 cm³/mol. The van der Waals surface area contributed by atoms with Crippen LogP contribution in [-0.2, 0) is 17.4 Å². The van der Waals surface area contributed by atoms with Gasteiger partial charge >= 0.3 is 0 Å². The molecule has 0 aliphatic heterocycles. The number of nitrogens with two attached hydrogens (primary N) is 6. The maximum atomic E-state index is 4.90. The quantitative estimate of drug-likeness (QED) is 0.323. The van der Waals surface area contributed by atoms with E-state index in [2.05, 4.69) is 0 Å². The molecule has 8 heteroatoms. The molecule has 12 N–H and O–H groups in total. The summed E-state index contributed by atoms with van der Waals surface area (Å²) in [6, 6.07) is 0. The number of hydrogen-bond donors (Lipinski definition) is 6. The third kappa shape index (κ3) is 132. The van der Waals surface area contributed by atoms with Gasteiger partial charge in [-0.2, -0.15) is 0 Å². The van der Waals surface area contributed by atoms with E-state index in [0.717, 1.165) is 0 Å². The van der Waals surface area contributed by atoms with Crippen molar-refractivity contribution in [2.24, 2.45) is 34.4 Å². The van der Waals surface area contributed by atoms with Crippen molar-refractivity contribution < 1.29 is 17.4 Å². The molecule has 0 spiro atoms. The van der Waals surface area contributed by atoms with Crippen molar-refractivity contribution >= 4 is 12.4 Å². The maximum Gasteiger partial charge on any atom is 0.00461 e. The molecule has 0 aliphatic rings. The summed E-state index contributed by atoms with van der Waals surface area (Å²) in [4.78, 5) is 0. The van der Waals surface area contributed by atoms with Gasteiger partial charge in [0.15, 0.2) is 0 Å². The molecule has 0 radical (unpaired) electrons. The van der Waals surface area contributed by atoms with Crippen molar-refractivity contribution in [2.45, 2.75) is 0 Å². The van der Waals surface area contributed by atoms with Crippen molar-refractivity contribution in [3.63, 3.8) is 0 Å². The van der Waals surface area contributed by atoms with Gasteiger partial charge in [0, 0.05) is 56.6 Å². The molecule has 92 valence electrons. The van der Waals surface area contributed by atoms with Crippen molar-refractivity contribution in [2.75, 3.05) is 39.3 Å². The van der Waals surface area contributed by atoms with Gasteiger partial charge < -0.3 is 34.4 Å². The fraction of sp³-hybridized carbons (Fsp3) is 1.00. The normalized spacial score (nSPS) is 6.43. The molecule has 0 amide bonds. The summed E-state index contributed by atoms with van der Waals surface area (Å²) >= 11 is 0. The summed E-state index contributed by atoms with van der Waals surface area (Å²) in [6.07, 6.45) is 0. The Bertz CT molecular complexity index is 37.8. The van der Waals surface area contributed by atoms with Crippen LogP contribution >= 0.6 is 12.4 Å². The van der Waals surface area contributed by atoms with E-state index in [9.17, 15) is 0 Å². The van der Waals surface area contributed by atoms with Crippen LogP contribution in [0, 0.1) is 0 Å². The van der Waals surface area contributed by atoms with Gasteiger partial charge in [0.1, 0.15) is 0 Å². The van der Waals surface area contributed by atoms with Crippen LogP contribution in [0.5, 0.6) is 0 Å². The average molecular weight is 269 g/mol. The van der Waals surface area contributed by atoms with Gasteiger partial charge in [-0.3, -0.25) is 0 Å². The first-order valence-corrected chi connectivity index (χ1v) is 3.95. The Balaban J connectivity index is -0.0000000270. The van der Waals surface area contributed by atoms with Crippen molar-refractivity contribution in [3.05, 3.63) is 0 Å². The standard InChI is InChI=1S/3C2H8N2.ClH.Cr/c3*3-1-2-4;;/h3*1-4H2;1H;. The van der Waals surface area contributed by atoms with E-state index < -0.39 is 0 Å². The first kappa shape index (κ1) is 29.3. The second-order valence-corrected chi connectivity index (χ2v) is 1.73. The van der Waals surface area contributed by atoms with Crippen LogP contribution < -0.4 is 34.4 Å². The first-order valence-electron chi connectivity index (χ1n) is 3.95. The molecule has 0 unspecified atom stereocenters. The molecular weight excluding hydrogens is 244 g/mol. The monoisotopic (exact) mass is 268 g/mol. The first-order chi connectivity index (χ1) is 5.74. The van der Waals surface area contributed by atoms with Gasteiger partial charge in [-0.15, -0.1) is 12.4 Å². The Morgan fingerprint density at radius 2 is 0.500 bits per heavy atom. The molecule has 0 rings (SSSR count). The summed E-state index contributed by atoms with van der Waals surface area (Å²) in [5, 5.41) is 0. The summed E-state index contributed by atoms with van der Waals surface area (Å²) in [6.45, 7) is 3.58. The SMILES string of the molecule is Cl.NCCN.NCCN.NCCN.[Cr]. The molecule has 14 heavy (non-hydrogen) atoms. The molecule has 0 aliphatic carbocycles. The van der Waals surface area contributed by atoms with E-state index in [1.54, 1.807) is 0 Å². The van der Waals surface area contributed by atoms with Crippen molar-refractivity contribution in [1.29, 1.82) is 0 Å². The molecule has 0 saturated carbocycles. The Kier molecular flexibility index (Phi) is 104. The van der Waals surface area contributed by atoms with Gasteiger partial charge in [-0.1, -0.05) is 0 Å². The van der Waals surface area contributed by atoms with Crippen molar-refractivity contribution in [3.8, 4) is 0 Å². The van der Waals surface area contributed by atoms with Gasteiger partial charge in [0.05, 0.1) is 0 Å². The second kappa shape index (κ2) is 49.6. The van der Waals surface area contributed by atoms with E-state index in [1.165, 1.54) is 0 Å². The molecule has 6 nitrogen and oxygen atoms in total. The summed E-state index contributed by atoms with van der Waals surface area (Å²) < 4.78 is 0. The third-order valence-electron chi connectivity index (χ3n) is 0.500. The van der Waals surface area contributed by atoms with Crippen LogP contribution in [0.3, 0.4) is 0 Å². The average Bonchev–Trinajstić information content (AvgIpc) is 2.18. The molecule has 0 atom stereocenters. The predicted octanol–water partition coefficient (Wildman–Crippen LogP) is -2.87. The van der Waals surface area contributed by atoms with Gasteiger partial charge in [-0.05, 0) is 0 Å². The second-order valence-electron chi connectivity index (χ2n) is 1.73. The maximum absolute atomic E-state index is 4.90. The Morgan fingerprint density at radius 3 is 0.500 bits per heavy atom.